The van der Waals surface area contributed by atoms with E-state index in [4.69, 9.17) is 16.7 Å². The van der Waals surface area contributed by atoms with Gasteiger partial charge >= 0.3 is 5.97 Å². The fourth-order valence-electron chi connectivity index (χ4n) is 1.73. The lowest BCUT2D eigenvalue weighted by Crippen LogP contribution is -2.37. The smallest absolute Gasteiger partial charge is 0.320 e. The van der Waals surface area contributed by atoms with Crippen molar-refractivity contribution in [3.05, 3.63) is 28.8 Å². The Morgan fingerprint density at radius 1 is 1.53 bits per heavy atom. The number of benzene rings is 1. The third-order valence-corrected chi connectivity index (χ3v) is 2.90. The average molecular weight is 258 g/mol. The van der Waals surface area contributed by atoms with E-state index in [9.17, 15) is 9.90 Å². The van der Waals surface area contributed by atoms with Crippen molar-refractivity contribution in [3.8, 4) is 5.75 Å². The zero-order valence-electron chi connectivity index (χ0n) is 9.85. The van der Waals surface area contributed by atoms with Crippen LogP contribution in [0.2, 0.25) is 5.02 Å². The first kappa shape index (κ1) is 13.8. The predicted octanol–water partition coefficient (Wildman–Crippen LogP) is 2.34. The van der Waals surface area contributed by atoms with Gasteiger partial charge in [0.2, 0.25) is 0 Å². The summed E-state index contributed by atoms with van der Waals surface area (Å²) >= 11 is 5.83. The summed E-state index contributed by atoms with van der Waals surface area (Å²) in [5.74, 6) is -0.738. The largest absolute Gasteiger partial charge is 0.508 e. The number of phenolic OH excluding ortho intramolecular Hbond substituents is 1. The van der Waals surface area contributed by atoms with Crippen molar-refractivity contribution in [2.45, 2.75) is 25.9 Å². The molecule has 17 heavy (non-hydrogen) atoms. The number of hydrogen-bond donors (Lipinski definition) is 2. The molecule has 1 atom stereocenters. The second-order valence-electron chi connectivity index (χ2n) is 3.95. The minimum atomic E-state index is -0.864. The van der Waals surface area contributed by atoms with Gasteiger partial charge in [-0.05, 0) is 31.7 Å². The third-order valence-electron chi connectivity index (χ3n) is 2.67. The monoisotopic (exact) mass is 257 g/mol. The summed E-state index contributed by atoms with van der Waals surface area (Å²) in [6.45, 7) is 2.16. The zero-order valence-corrected chi connectivity index (χ0v) is 10.6. The molecular formula is C12H16ClNO3. The van der Waals surface area contributed by atoms with Crippen molar-refractivity contribution < 1.29 is 15.0 Å². The number of halogens is 1. The van der Waals surface area contributed by atoms with E-state index in [1.165, 1.54) is 6.07 Å². The van der Waals surface area contributed by atoms with Crippen LogP contribution in [0.1, 0.15) is 18.9 Å². The Morgan fingerprint density at radius 3 is 2.71 bits per heavy atom. The molecule has 1 unspecified atom stereocenters. The SMILES string of the molecule is CCC(C(=O)O)N(C)Cc1cc(Cl)ccc1O. The van der Waals surface area contributed by atoms with E-state index in [0.29, 0.717) is 23.6 Å². The molecule has 1 rings (SSSR count). The first-order chi connectivity index (χ1) is 7.95. The van der Waals surface area contributed by atoms with Gasteiger partial charge in [0.1, 0.15) is 11.8 Å². The van der Waals surface area contributed by atoms with E-state index in [2.05, 4.69) is 0 Å². The molecule has 0 heterocycles. The van der Waals surface area contributed by atoms with Crippen LogP contribution in [0.4, 0.5) is 0 Å². The zero-order chi connectivity index (χ0) is 13.0. The second kappa shape index (κ2) is 5.89. The van der Waals surface area contributed by atoms with Gasteiger partial charge in [0.05, 0.1) is 0 Å². The number of hydrogen-bond acceptors (Lipinski definition) is 3. The molecule has 0 aromatic heterocycles. The highest BCUT2D eigenvalue weighted by Crippen LogP contribution is 2.23. The Morgan fingerprint density at radius 2 is 2.18 bits per heavy atom. The number of aliphatic carboxylic acids is 1. The van der Waals surface area contributed by atoms with Gasteiger partial charge in [-0.25, -0.2) is 0 Å². The van der Waals surface area contributed by atoms with Crippen LogP contribution in [0.25, 0.3) is 0 Å². The van der Waals surface area contributed by atoms with Crippen LogP contribution in [0.15, 0.2) is 18.2 Å². The van der Waals surface area contributed by atoms with E-state index in [1.807, 2.05) is 6.92 Å². The maximum absolute atomic E-state index is 11.0. The normalized spacial score (nSPS) is 12.7. The van der Waals surface area contributed by atoms with E-state index in [-0.39, 0.29) is 5.75 Å². The van der Waals surface area contributed by atoms with Gasteiger partial charge in [-0.3, -0.25) is 9.69 Å². The minimum Gasteiger partial charge on any atom is -0.508 e. The number of carbonyl (C=O) groups is 1. The molecule has 0 saturated carbocycles. The molecule has 0 spiro atoms. The van der Waals surface area contributed by atoms with E-state index >= 15 is 0 Å². The molecule has 0 radical (unpaired) electrons. The Kier molecular flexibility index (Phi) is 4.78. The number of carboxylic acid groups (broad SMARTS) is 1. The number of aromatic hydroxyl groups is 1. The fraction of sp³-hybridized carbons (Fsp3) is 0.417. The maximum atomic E-state index is 11.0. The van der Waals surface area contributed by atoms with Crippen LogP contribution < -0.4 is 0 Å². The molecule has 0 bridgehead atoms. The van der Waals surface area contributed by atoms with Gasteiger partial charge in [-0.1, -0.05) is 18.5 Å². The average Bonchev–Trinajstić information content (AvgIpc) is 2.24. The lowest BCUT2D eigenvalue weighted by molar-refractivity contribution is -0.143. The molecule has 0 aliphatic heterocycles. The van der Waals surface area contributed by atoms with Crippen molar-refractivity contribution in [1.29, 1.82) is 0 Å². The predicted molar refractivity (Wildman–Crippen MR) is 66.3 cm³/mol. The van der Waals surface area contributed by atoms with Crippen LogP contribution in [0, 0.1) is 0 Å². The molecule has 94 valence electrons. The molecule has 4 nitrogen and oxygen atoms in total. The Bertz CT molecular complexity index is 409. The standard InChI is InChI=1S/C12H16ClNO3/c1-3-10(12(16)17)14(2)7-8-6-9(13)4-5-11(8)15/h4-6,10,15H,3,7H2,1-2H3,(H,16,17). The second-order valence-corrected chi connectivity index (χ2v) is 4.39. The van der Waals surface area contributed by atoms with Crippen LogP contribution >= 0.6 is 11.6 Å². The highest BCUT2D eigenvalue weighted by atomic mass is 35.5. The first-order valence-corrected chi connectivity index (χ1v) is 5.74. The fourth-order valence-corrected chi connectivity index (χ4v) is 1.93. The maximum Gasteiger partial charge on any atom is 0.320 e. The lowest BCUT2D eigenvalue weighted by Gasteiger charge is -2.23. The van der Waals surface area contributed by atoms with Crippen LogP contribution in [0.5, 0.6) is 5.75 Å². The van der Waals surface area contributed by atoms with Crippen molar-refractivity contribution in [1.82, 2.24) is 4.90 Å². The topological polar surface area (TPSA) is 60.8 Å². The van der Waals surface area contributed by atoms with Crippen LogP contribution in [0.3, 0.4) is 0 Å². The number of phenols is 1. The Hall–Kier alpha value is -1.26. The Labute approximate surface area is 105 Å². The van der Waals surface area contributed by atoms with Gasteiger partial charge < -0.3 is 10.2 Å². The van der Waals surface area contributed by atoms with Crippen molar-refractivity contribution in [2.24, 2.45) is 0 Å². The number of carboxylic acids is 1. The summed E-state index contributed by atoms with van der Waals surface area (Å²) in [4.78, 5) is 12.7. The molecule has 5 heteroatoms. The third kappa shape index (κ3) is 3.61. The highest BCUT2D eigenvalue weighted by Gasteiger charge is 2.21. The summed E-state index contributed by atoms with van der Waals surface area (Å²) in [6, 6.07) is 4.18. The van der Waals surface area contributed by atoms with E-state index < -0.39 is 12.0 Å². The summed E-state index contributed by atoms with van der Waals surface area (Å²) in [5.41, 5.74) is 0.625. The number of nitrogens with zero attached hydrogens (tertiary/aromatic N) is 1. The van der Waals surface area contributed by atoms with Gasteiger partial charge in [0.25, 0.3) is 0 Å². The summed E-state index contributed by atoms with van der Waals surface area (Å²) < 4.78 is 0. The molecule has 0 saturated heterocycles. The summed E-state index contributed by atoms with van der Waals surface area (Å²) in [6.07, 6.45) is 0.507. The molecule has 1 aromatic carbocycles. The molecule has 0 aliphatic rings. The van der Waals surface area contributed by atoms with Gasteiger partial charge in [0.15, 0.2) is 0 Å². The highest BCUT2D eigenvalue weighted by molar-refractivity contribution is 6.30. The summed E-state index contributed by atoms with van der Waals surface area (Å²) in [5, 5.41) is 19.2. The molecule has 1 aromatic rings. The van der Waals surface area contributed by atoms with Crippen molar-refractivity contribution >= 4 is 17.6 Å². The van der Waals surface area contributed by atoms with Crippen molar-refractivity contribution in [2.75, 3.05) is 7.05 Å². The van der Waals surface area contributed by atoms with Crippen LogP contribution in [-0.2, 0) is 11.3 Å². The molecule has 0 fully saturated rings. The molecular weight excluding hydrogens is 242 g/mol. The molecule has 0 aliphatic carbocycles. The quantitative estimate of drug-likeness (QED) is 0.850. The van der Waals surface area contributed by atoms with Crippen LogP contribution in [-0.4, -0.2) is 34.2 Å². The number of likely N-dealkylation sites (N-methyl/N-ethyl adjacent to an activating group) is 1. The Balaban J connectivity index is 2.83. The summed E-state index contributed by atoms with van der Waals surface area (Å²) in [7, 11) is 1.71. The van der Waals surface area contributed by atoms with Crippen molar-refractivity contribution in [3.63, 3.8) is 0 Å². The van der Waals surface area contributed by atoms with E-state index in [0.717, 1.165) is 0 Å². The molecule has 0 amide bonds. The first-order valence-electron chi connectivity index (χ1n) is 5.36. The molecule has 2 N–H and O–H groups in total. The minimum absolute atomic E-state index is 0.126. The van der Waals surface area contributed by atoms with Gasteiger partial charge in [0, 0.05) is 17.1 Å². The van der Waals surface area contributed by atoms with Gasteiger partial charge in [-0.2, -0.15) is 0 Å². The number of rotatable bonds is 5. The van der Waals surface area contributed by atoms with E-state index in [1.54, 1.807) is 24.1 Å². The van der Waals surface area contributed by atoms with Gasteiger partial charge in [-0.15, -0.1) is 0 Å². The lowest BCUT2D eigenvalue weighted by atomic mass is 10.1.